The van der Waals surface area contributed by atoms with Gasteiger partial charge in [-0.15, -0.1) is 4.52 Å². The van der Waals surface area contributed by atoms with Crippen LogP contribution in [0.5, 0.6) is 0 Å². The maximum absolute atomic E-state index is 11.4. The average Bonchev–Trinajstić information content (AvgIpc) is 2.57. The first-order valence-electron chi connectivity index (χ1n) is 4.75. The van der Waals surface area contributed by atoms with Crippen molar-refractivity contribution in [1.29, 1.82) is 0 Å². The molecule has 0 saturated heterocycles. The number of hydrogen-bond donors (Lipinski definition) is 1. The van der Waals surface area contributed by atoms with E-state index in [9.17, 15) is 4.79 Å². The van der Waals surface area contributed by atoms with E-state index in [0.29, 0.717) is 12.2 Å². The molecule has 0 amide bonds. The highest BCUT2D eigenvalue weighted by atomic mass is 16.5. The summed E-state index contributed by atoms with van der Waals surface area (Å²) in [5.41, 5.74) is 2.21. The van der Waals surface area contributed by atoms with Gasteiger partial charge in [-0.1, -0.05) is 0 Å². The van der Waals surface area contributed by atoms with Crippen LogP contribution in [0.15, 0.2) is 18.5 Å². The topological polar surface area (TPSA) is 59.1 Å². The summed E-state index contributed by atoms with van der Waals surface area (Å²) >= 11 is 0. The standard InChI is InChI=1S/C10H11N3O2/c1-3-15-10(14)8-5-11-9-4-7(2)12-13(9)6-8/h4-6H,3H2,1-2H3/p+1. The molecule has 0 aliphatic carbocycles. The minimum atomic E-state index is -0.355. The Morgan fingerprint density at radius 3 is 3.20 bits per heavy atom. The zero-order valence-electron chi connectivity index (χ0n) is 8.65. The van der Waals surface area contributed by atoms with Gasteiger partial charge in [-0.3, -0.25) is 0 Å². The molecule has 0 spiro atoms. The number of fused-ring (bicyclic) bond motifs is 1. The van der Waals surface area contributed by atoms with Gasteiger partial charge >= 0.3 is 11.6 Å². The van der Waals surface area contributed by atoms with E-state index in [1.807, 2.05) is 13.0 Å². The average molecular weight is 206 g/mol. The first kappa shape index (κ1) is 9.64. The quantitative estimate of drug-likeness (QED) is 0.579. The van der Waals surface area contributed by atoms with Crippen LogP contribution < -0.4 is 4.52 Å². The van der Waals surface area contributed by atoms with Crippen molar-refractivity contribution in [2.45, 2.75) is 13.8 Å². The highest BCUT2D eigenvalue weighted by Gasteiger charge is 2.14. The van der Waals surface area contributed by atoms with Crippen LogP contribution in [-0.2, 0) is 4.74 Å². The molecule has 1 N–H and O–H groups in total. The van der Waals surface area contributed by atoms with Gasteiger partial charge in [0.1, 0.15) is 11.8 Å². The second-order valence-corrected chi connectivity index (χ2v) is 3.23. The minimum Gasteiger partial charge on any atom is -0.462 e. The summed E-state index contributed by atoms with van der Waals surface area (Å²) in [4.78, 5) is 15.5. The third kappa shape index (κ3) is 1.81. The third-order valence-electron chi connectivity index (χ3n) is 2.00. The molecule has 0 fully saturated rings. The molecule has 5 heteroatoms. The summed E-state index contributed by atoms with van der Waals surface area (Å²) in [6.07, 6.45) is 3.19. The monoisotopic (exact) mass is 206 g/mol. The molecule has 0 aliphatic heterocycles. The number of esters is 1. The number of carbonyl (C=O) groups is 1. The first-order chi connectivity index (χ1) is 7.20. The van der Waals surface area contributed by atoms with E-state index in [1.165, 1.54) is 6.20 Å². The van der Waals surface area contributed by atoms with Crippen molar-refractivity contribution in [2.75, 3.05) is 6.61 Å². The third-order valence-corrected chi connectivity index (χ3v) is 2.00. The van der Waals surface area contributed by atoms with Crippen molar-refractivity contribution >= 4 is 11.6 Å². The van der Waals surface area contributed by atoms with Crippen molar-refractivity contribution in [2.24, 2.45) is 0 Å². The summed E-state index contributed by atoms with van der Waals surface area (Å²) < 4.78 is 6.57. The van der Waals surface area contributed by atoms with Gasteiger partial charge < -0.3 is 4.74 Å². The number of nitrogens with one attached hydrogen (secondary N) is 1. The van der Waals surface area contributed by atoms with Crippen LogP contribution in [-0.4, -0.2) is 22.7 Å². The van der Waals surface area contributed by atoms with Crippen LogP contribution in [0.3, 0.4) is 0 Å². The molecule has 0 atom stereocenters. The lowest BCUT2D eigenvalue weighted by Crippen LogP contribution is -2.26. The molecular formula is C10H12N3O2+. The van der Waals surface area contributed by atoms with E-state index in [-0.39, 0.29) is 5.97 Å². The van der Waals surface area contributed by atoms with Crippen molar-refractivity contribution in [3.05, 3.63) is 29.7 Å². The number of hydrogen-bond acceptors (Lipinski definition) is 3. The largest absolute Gasteiger partial charge is 0.462 e. The Morgan fingerprint density at radius 1 is 1.67 bits per heavy atom. The molecule has 0 aromatic carbocycles. The molecule has 0 radical (unpaired) electrons. The zero-order valence-corrected chi connectivity index (χ0v) is 8.65. The van der Waals surface area contributed by atoms with Gasteiger partial charge in [0.15, 0.2) is 6.20 Å². The van der Waals surface area contributed by atoms with Gasteiger partial charge in [0.2, 0.25) is 0 Å². The summed E-state index contributed by atoms with van der Waals surface area (Å²) in [7, 11) is 0. The summed E-state index contributed by atoms with van der Waals surface area (Å²) in [5.74, 6) is -0.355. The minimum absolute atomic E-state index is 0.355. The fraction of sp³-hybridized carbons (Fsp3) is 0.300. The molecule has 2 aromatic rings. The Morgan fingerprint density at radius 2 is 2.47 bits per heavy atom. The van der Waals surface area contributed by atoms with Crippen LogP contribution in [0.4, 0.5) is 0 Å². The highest BCUT2D eigenvalue weighted by molar-refractivity contribution is 5.88. The molecule has 78 valence electrons. The number of aryl methyl sites for hydroxylation is 1. The first-order valence-corrected chi connectivity index (χ1v) is 4.75. The predicted octanol–water partition coefficient (Wildman–Crippen LogP) is 0.634. The Hall–Kier alpha value is -1.91. The fourth-order valence-electron chi connectivity index (χ4n) is 1.37. The van der Waals surface area contributed by atoms with Gasteiger partial charge in [-0.05, 0) is 18.8 Å². The second-order valence-electron chi connectivity index (χ2n) is 3.23. The molecule has 0 aliphatic rings. The molecular weight excluding hydrogens is 194 g/mol. The molecule has 15 heavy (non-hydrogen) atoms. The Balaban J connectivity index is 2.41. The van der Waals surface area contributed by atoms with Gasteiger partial charge in [0.25, 0.3) is 0 Å². The van der Waals surface area contributed by atoms with E-state index < -0.39 is 0 Å². The second kappa shape index (κ2) is 3.68. The number of aromatic nitrogens is 3. The highest BCUT2D eigenvalue weighted by Crippen LogP contribution is 2.00. The number of H-pyrrole nitrogens is 1. The maximum atomic E-state index is 11.4. The van der Waals surface area contributed by atoms with Crippen LogP contribution >= 0.6 is 0 Å². The molecule has 0 bridgehead atoms. The Labute approximate surface area is 86.7 Å². The van der Waals surface area contributed by atoms with Crippen molar-refractivity contribution < 1.29 is 14.0 Å². The van der Waals surface area contributed by atoms with Crippen LogP contribution in [0, 0.1) is 6.92 Å². The summed E-state index contributed by atoms with van der Waals surface area (Å²) in [6, 6.07) is 1.90. The molecule has 2 rings (SSSR count). The lowest BCUT2D eigenvalue weighted by molar-refractivity contribution is -0.579. The number of ether oxygens (including phenoxy) is 1. The van der Waals surface area contributed by atoms with E-state index in [2.05, 4.69) is 10.1 Å². The Bertz CT molecular complexity index is 504. The lowest BCUT2D eigenvalue weighted by atomic mass is 10.3. The van der Waals surface area contributed by atoms with Crippen LogP contribution in [0.25, 0.3) is 5.65 Å². The van der Waals surface area contributed by atoms with Crippen LogP contribution in [0.1, 0.15) is 23.0 Å². The lowest BCUT2D eigenvalue weighted by Gasteiger charge is -1.97. The van der Waals surface area contributed by atoms with Gasteiger partial charge in [-0.25, -0.2) is 9.89 Å². The van der Waals surface area contributed by atoms with E-state index >= 15 is 0 Å². The van der Waals surface area contributed by atoms with Gasteiger partial charge in [-0.2, -0.15) is 0 Å². The van der Waals surface area contributed by atoms with E-state index in [4.69, 9.17) is 4.74 Å². The molecule has 0 saturated carbocycles. The Kier molecular flexibility index (Phi) is 2.37. The van der Waals surface area contributed by atoms with E-state index in [1.54, 1.807) is 17.6 Å². The smallest absolute Gasteiger partial charge is 0.348 e. The van der Waals surface area contributed by atoms with E-state index in [0.717, 1.165) is 11.3 Å². The molecule has 0 unspecified atom stereocenters. The SMILES string of the molecule is CCOC(=O)c1cnc2cc(C)[nH][n+]2c1. The molecule has 5 nitrogen and oxygen atoms in total. The number of rotatable bonds is 2. The van der Waals surface area contributed by atoms with Crippen molar-refractivity contribution in [1.82, 2.24) is 10.1 Å². The summed E-state index contributed by atoms with van der Waals surface area (Å²) in [5, 5.41) is 3.04. The molecule has 2 aromatic heterocycles. The maximum Gasteiger partial charge on any atom is 0.348 e. The molecule has 2 heterocycles. The number of carbonyl (C=O) groups excluding carboxylic acids is 1. The predicted molar refractivity (Wildman–Crippen MR) is 52.4 cm³/mol. The van der Waals surface area contributed by atoms with Gasteiger partial charge in [0, 0.05) is 0 Å². The van der Waals surface area contributed by atoms with Crippen LogP contribution in [0.2, 0.25) is 0 Å². The fourth-order valence-corrected chi connectivity index (χ4v) is 1.37. The van der Waals surface area contributed by atoms with Crippen molar-refractivity contribution in [3.8, 4) is 0 Å². The number of nitrogens with zero attached hydrogens (tertiary/aromatic N) is 2. The van der Waals surface area contributed by atoms with Gasteiger partial charge in [0.05, 0.1) is 18.4 Å². The summed E-state index contributed by atoms with van der Waals surface area (Å²) in [6.45, 7) is 4.07. The zero-order chi connectivity index (χ0) is 10.8. The normalized spacial score (nSPS) is 10.5. The number of aromatic amines is 1. The van der Waals surface area contributed by atoms with Crippen molar-refractivity contribution in [3.63, 3.8) is 0 Å².